The van der Waals surface area contributed by atoms with E-state index >= 15 is 0 Å². The first-order valence-electron chi connectivity index (χ1n) is 6.46. The number of carbonyl (C=O) groups is 1. The molecule has 1 N–H and O–H groups in total. The van der Waals surface area contributed by atoms with Crippen molar-refractivity contribution in [3.63, 3.8) is 0 Å². The van der Waals surface area contributed by atoms with Crippen LogP contribution in [-0.4, -0.2) is 16.1 Å². The first-order valence-corrected chi connectivity index (χ1v) is 6.46. The van der Waals surface area contributed by atoms with Crippen molar-refractivity contribution < 1.29 is 9.90 Å². The minimum absolute atomic E-state index is 0.330. The van der Waals surface area contributed by atoms with Crippen molar-refractivity contribution >= 4 is 5.97 Å². The zero-order valence-electron chi connectivity index (χ0n) is 10.8. The maximum Gasteiger partial charge on any atom is 0.337 e. The Morgan fingerprint density at radius 1 is 1.16 bits per heavy atom. The molecule has 1 aromatic carbocycles. The molecule has 1 aromatic heterocycles. The van der Waals surface area contributed by atoms with Crippen molar-refractivity contribution in [2.75, 3.05) is 0 Å². The number of hydrogen-bond donors (Lipinski definition) is 1. The molecule has 0 radical (unpaired) electrons. The third-order valence-corrected chi connectivity index (χ3v) is 3.47. The summed E-state index contributed by atoms with van der Waals surface area (Å²) >= 11 is 0. The topological polar surface area (TPSA) is 50.2 Å². The predicted molar refractivity (Wildman–Crippen MR) is 73.3 cm³/mol. The van der Waals surface area contributed by atoms with Crippen LogP contribution in [0.5, 0.6) is 0 Å². The van der Waals surface area contributed by atoms with E-state index in [1.165, 1.54) is 5.56 Å². The number of carboxylic acid groups (broad SMARTS) is 1. The van der Waals surface area contributed by atoms with Crippen LogP contribution in [0.15, 0.2) is 36.4 Å². The van der Waals surface area contributed by atoms with Gasteiger partial charge in [-0.2, -0.15) is 0 Å². The minimum Gasteiger partial charge on any atom is -0.478 e. The SMILES string of the molecule is Cc1ccc(-c2ccc(C(=O)O)c(C3CC3)n2)cc1. The van der Waals surface area contributed by atoms with Crippen molar-refractivity contribution in [3.8, 4) is 11.3 Å². The highest BCUT2D eigenvalue weighted by atomic mass is 16.4. The highest BCUT2D eigenvalue weighted by molar-refractivity contribution is 5.89. The van der Waals surface area contributed by atoms with Crippen molar-refractivity contribution in [2.24, 2.45) is 0 Å². The Labute approximate surface area is 111 Å². The molecular formula is C16H15NO2. The van der Waals surface area contributed by atoms with E-state index in [1.54, 1.807) is 12.1 Å². The molecule has 96 valence electrons. The first-order chi connectivity index (χ1) is 9.15. The molecular weight excluding hydrogens is 238 g/mol. The number of aryl methyl sites for hydroxylation is 1. The van der Waals surface area contributed by atoms with Crippen LogP contribution < -0.4 is 0 Å². The van der Waals surface area contributed by atoms with Gasteiger partial charge < -0.3 is 5.11 Å². The maximum atomic E-state index is 11.2. The highest BCUT2D eigenvalue weighted by Gasteiger charge is 2.29. The van der Waals surface area contributed by atoms with Crippen LogP contribution in [0.4, 0.5) is 0 Å². The largest absolute Gasteiger partial charge is 0.478 e. The summed E-state index contributed by atoms with van der Waals surface area (Å²) in [7, 11) is 0. The lowest BCUT2D eigenvalue weighted by Gasteiger charge is -2.07. The van der Waals surface area contributed by atoms with Crippen molar-refractivity contribution in [1.82, 2.24) is 4.98 Å². The quantitative estimate of drug-likeness (QED) is 0.908. The number of hydrogen-bond acceptors (Lipinski definition) is 2. The molecule has 0 aliphatic heterocycles. The van der Waals surface area contributed by atoms with Crippen LogP contribution in [0.3, 0.4) is 0 Å². The Morgan fingerprint density at radius 2 is 1.84 bits per heavy atom. The van der Waals surface area contributed by atoms with Crippen LogP contribution in [0.1, 0.15) is 40.4 Å². The van der Waals surface area contributed by atoms with Gasteiger partial charge in [-0.05, 0) is 31.9 Å². The van der Waals surface area contributed by atoms with E-state index in [4.69, 9.17) is 0 Å². The van der Waals surface area contributed by atoms with Gasteiger partial charge in [0.15, 0.2) is 0 Å². The highest BCUT2D eigenvalue weighted by Crippen LogP contribution is 2.41. The molecule has 1 aliphatic rings. The summed E-state index contributed by atoms with van der Waals surface area (Å²) in [4.78, 5) is 15.8. The average Bonchev–Trinajstić information content (AvgIpc) is 3.23. The van der Waals surface area contributed by atoms with E-state index in [0.29, 0.717) is 11.5 Å². The number of benzene rings is 1. The van der Waals surface area contributed by atoms with Gasteiger partial charge in [-0.3, -0.25) is 4.98 Å². The summed E-state index contributed by atoms with van der Waals surface area (Å²) in [5.41, 5.74) is 4.17. The van der Waals surface area contributed by atoms with Crippen LogP contribution in [0.2, 0.25) is 0 Å². The fraction of sp³-hybridized carbons (Fsp3) is 0.250. The van der Waals surface area contributed by atoms with E-state index in [1.807, 2.05) is 31.2 Å². The van der Waals surface area contributed by atoms with Gasteiger partial charge in [0, 0.05) is 11.5 Å². The standard InChI is InChI=1S/C16H15NO2/c1-10-2-4-11(5-3-10)14-9-8-13(16(18)19)15(17-14)12-6-7-12/h2-5,8-9,12H,6-7H2,1H3,(H,18,19). The molecule has 3 heteroatoms. The molecule has 0 saturated heterocycles. The Hall–Kier alpha value is -2.16. The molecule has 0 amide bonds. The maximum absolute atomic E-state index is 11.2. The van der Waals surface area contributed by atoms with Gasteiger partial charge in [0.25, 0.3) is 0 Å². The van der Waals surface area contributed by atoms with Crippen LogP contribution in [-0.2, 0) is 0 Å². The molecule has 0 unspecified atom stereocenters. The average molecular weight is 253 g/mol. The summed E-state index contributed by atoms with van der Waals surface area (Å²) in [5.74, 6) is -0.554. The molecule has 19 heavy (non-hydrogen) atoms. The minimum atomic E-state index is -0.884. The molecule has 0 spiro atoms. The monoisotopic (exact) mass is 253 g/mol. The third kappa shape index (κ3) is 2.36. The third-order valence-electron chi connectivity index (χ3n) is 3.47. The van der Waals surface area contributed by atoms with Gasteiger partial charge in [-0.15, -0.1) is 0 Å². The molecule has 3 rings (SSSR count). The lowest BCUT2D eigenvalue weighted by Crippen LogP contribution is -2.04. The zero-order valence-corrected chi connectivity index (χ0v) is 10.8. The number of pyridine rings is 1. The van der Waals surface area contributed by atoms with Crippen LogP contribution >= 0.6 is 0 Å². The van der Waals surface area contributed by atoms with Gasteiger partial charge in [0.1, 0.15) is 0 Å². The number of carboxylic acids is 1. The van der Waals surface area contributed by atoms with E-state index in [0.717, 1.165) is 29.8 Å². The van der Waals surface area contributed by atoms with Gasteiger partial charge >= 0.3 is 5.97 Å². The zero-order chi connectivity index (χ0) is 13.4. The Morgan fingerprint density at radius 3 is 2.42 bits per heavy atom. The van der Waals surface area contributed by atoms with Crippen molar-refractivity contribution in [3.05, 3.63) is 53.2 Å². The van der Waals surface area contributed by atoms with Crippen molar-refractivity contribution in [2.45, 2.75) is 25.7 Å². The van der Waals surface area contributed by atoms with E-state index < -0.39 is 5.97 Å². The predicted octanol–water partition coefficient (Wildman–Crippen LogP) is 3.63. The molecule has 0 bridgehead atoms. The van der Waals surface area contributed by atoms with E-state index in [2.05, 4.69) is 4.98 Å². The lowest BCUT2D eigenvalue weighted by atomic mass is 10.1. The number of aromatic carboxylic acids is 1. The molecule has 3 nitrogen and oxygen atoms in total. The molecule has 2 aromatic rings. The Bertz CT molecular complexity index is 628. The van der Waals surface area contributed by atoms with Crippen LogP contribution in [0, 0.1) is 6.92 Å². The Balaban J connectivity index is 2.05. The second-order valence-electron chi connectivity index (χ2n) is 5.07. The van der Waals surface area contributed by atoms with Crippen LogP contribution in [0.25, 0.3) is 11.3 Å². The van der Waals surface area contributed by atoms with Gasteiger partial charge in [0.2, 0.25) is 0 Å². The van der Waals surface area contributed by atoms with E-state index in [9.17, 15) is 9.90 Å². The summed E-state index contributed by atoms with van der Waals surface area (Å²) in [6, 6.07) is 11.6. The number of aromatic nitrogens is 1. The number of nitrogens with zero attached hydrogens (tertiary/aromatic N) is 1. The van der Waals surface area contributed by atoms with Gasteiger partial charge in [-0.1, -0.05) is 29.8 Å². The molecule has 0 atom stereocenters. The molecule has 1 saturated carbocycles. The Kier molecular flexibility index (Phi) is 2.82. The molecule has 1 aliphatic carbocycles. The van der Waals surface area contributed by atoms with Gasteiger partial charge in [0.05, 0.1) is 17.0 Å². The normalized spacial score (nSPS) is 14.4. The smallest absolute Gasteiger partial charge is 0.337 e. The summed E-state index contributed by atoms with van der Waals surface area (Å²) in [6.07, 6.45) is 2.09. The fourth-order valence-electron chi connectivity index (χ4n) is 2.21. The summed E-state index contributed by atoms with van der Waals surface area (Å²) in [5, 5.41) is 9.20. The summed E-state index contributed by atoms with van der Waals surface area (Å²) in [6.45, 7) is 2.04. The second kappa shape index (κ2) is 4.50. The first kappa shape index (κ1) is 11.9. The molecule has 1 fully saturated rings. The number of rotatable bonds is 3. The fourth-order valence-corrected chi connectivity index (χ4v) is 2.21. The van der Waals surface area contributed by atoms with Crippen molar-refractivity contribution in [1.29, 1.82) is 0 Å². The lowest BCUT2D eigenvalue weighted by molar-refractivity contribution is 0.0695. The molecule has 1 heterocycles. The summed E-state index contributed by atoms with van der Waals surface area (Å²) < 4.78 is 0. The van der Waals surface area contributed by atoms with Gasteiger partial charge in [-0.25, -0.2) is 4.79 Å². The second-order valence-corrected chi connectivity index (χ2v) is 5.07. The van der Waals surface area contributed by atoms with E-state index in [-0.39, 0.29) is 0 Å².